The molecule has 48 heavy (non-hydrogen) atoms. The van der Waals surface area contributed by atoms with Crippen LogP contribution in [0.5, 0.6) is 0 Å². The van der Waals surface area contributed by atoms with E-state index in [0.717, 1.165) is 18.1 Å². The lowest BCUT2D eigenvalue weighted by atomic mass is 9.86. The standard InChI is InChI=1S/C38H51IO8Si/c1-8-22-42-35-29(33(27-40)47-32(19-21-39)38(35)45-25-11-4)17-15-16-18-31-37(44-24-10-3)36(43-23-9-2)30(34(28-41)46-31)20-26-48(12-5,13-6)14-7/h8-11,29-38,40-41H,1-4,12-14,22-25,27-28H2,5-7H3/t29-,30-,31-,32-,33-,34-,35+,36+,37+,38+/m1/s1. The smallest absolute Gasteiger partial charge is 0.148 e. The molecule has 2 aliphatic rings. The molecule has 0 bridgehead atoms. The van der Waals surface area contributed by atoms with Crippen molar-refractivity contribution in [1.29, 1.82) is 0 Å². The van der Waals surface area contributed by atoms with Crippen molar-refractivity contribution in [2.24, 2.45) is 11.8 Å². The van der Waals surface area contributed by atoms with Gasteiger partial charge in [0.1, 0.15) is 44.7 Å². The first-order chi connectivity index (χ1) is 23.4. The molecule has 8 nitrogen and oxygen atoms in total. The molecule has 0 aromatic carbocycles. The fourth-order valence-corrected chi connectivity index (χ4v) is 8.59. The molecule has 2 aliphatic heterocycles. The van der Waals surface area contributed by atoms with Crippen LogP contribution in [-0.2, 0) is 28.4 Å². The first kappa shape index (κ1) is 42.0. The van der Waals surface area contributed by atoms with Crippen LogP contribution in [0.4, 0.5) is 0 Å². The molecular weight excluding hydrogens is 739 g/mol. The van der Waals surface area contributed by atoms with Crippen molar-refractivity contribution in [1.82, 2.24) is 0 Å². The van der Waals surface area contributed by atoms with E-state index in [1.165, 1.54) is 0 Å². The van der Waals surface area contributed by atoms with Gasteiger partial charge in [-0.1, -0.05) is 62.8 Å². The van der Waals surface area contributed by atoms with Gasteiger partial charge in [0, 0.05) is 22.6 Å². The predicted molar refractivity (Wildman–Crippen MR) is 201 cm³/mol. The molecular formula is C38H51IO8Si. The average Bonchev–Trinajstić information content (AvgIpc) is 3.11. The van der Waals surface area contributed by atoms with E-state index < -0.39 is 68.7 Å². The Balaban J connectivity index is 2.54. The summed E-state index contributed by atoms with van der Waals surface area (Å²) < 4.78 is 40.0. The van der Waals surface area contributed by atoms with E-state index in [0.29, 0.717) is 0 Å². The van der Waals surface area contributed by atoms with E-state index in [1.54, 1.807) is 24.3 Å². The third-order valence-electron chi connectivity index (χ3n) is 8.63. The van der Waals surface area contributed by atoms with E-state index in [1.807, 2.05) is 22.6 Å². The topological polar surface area (TPSA) is 95.8 Å². The van der Waals surface area contributed by atoms with Crippen LogP contribution in [0.15, 0.2) is 50.6 Å². The predicted octanol–water partition coefficient (Wildman–Crippen LogP) is 4.48. The molecule has 2 fully saturated rings. The van der Waals surface area contributed by atoms with Gasteiger partial charge in [-0.05, 0) is 33.9 Å². The molecule has 0 unspecified atom stereocenters. The molecule has 0 aliphatic carbocycles. The summed E-state index contributed by atoms with van der Waals surface area (Å²) in [5, 5.41) is 20.7. The Labute approximate surface area is 302 Å². The molecule has 0 aromatic rings. The summed E-state index contributed by atoms with van der Waals surface area (Å²) in [7, 11) is -1.80. The maximum Gasteiger partial charge on any atom is 0.148 e. The number of aliphatic hydroxyl groups is 2. The SMILES string of the molecule is C=CCO[C@@H]1[C@@H](OCC=C)[C@H](C#CC#C[C@H]2O[C@H](CO)[C@@H](C#C[Si](CC)(CC)CC)[C@H](OCC=C)[C@H]2OCC=C)[C@@H](CO)O[C@@H]1C#CI. The van der Waals surface area contributed by atoms with Crippen LogP contribution in [0.2, 0.25) is 18.1 Å². The number of hydrogen-bond acceptors (Lipinski definition) is 8. The quantitative estimate of drug-likeness (QED) is 0.0966. The lowest BCUT2D eigenvalue weighted by Gasteiger charge is -2.42. The fourth-order valence-electron chi connectivity index (χ4n) is 5.78. The minimum absolute atomic E-state index is 0.236. The second-order valence-electron chi connectivity index (χ2n) is 11.3. The number of rotatable bonds is 17. The number of ether oxygens (including phenoxy) is 6. The van der Waals surface area contributed by atoms with Crippen molar-refractivity contribution in [3.05, 3.63) is 50.6 Å². The number of halogens is 1. The van der Waals surface area contributed by atoms with Gasteiger partial charge in [-0.25, -0.2) is 0 Å². The van der Waals surface area contributed by atoms with Gasteiger partial charge in [-0.15, -0.1) is 37.8 Å². The lowest BCUT2D eigenvalue weighted by Crippen LogP contribution is -2.57. The molecule has 2 N–H and O–H groups in total. The highest BCUT2D eigenvalue weighted by Crippen LogP contribution is 2.32. The normalized spacial score (nSPS) is 29.6. The van der Waals surface area contributed by atoms with Crippen LogP contribution >= 0.6 is 22.6 Å². The summed E-state index contributed by atoms with van der Waals surface area (Å²) in [6.45, 7) is 22.1. The van der Waals surface area contributed by atoms with Gasteiger partial charge in [0.25, 0.3) is 0 Å². The molecule has 2 heterocycles. The zero-order valence-corrected chi connectivity index (χ0v) is 31.7. The fraction of sp³-hybridized carbons (Fsp3) is 0.579. The van der Waals surface area contributed by atoms with Crippen molar-refractivity contribution in [2.45, 2.75) is 87.7 Å². The highest BCUT2D eigenvalue weighted by atomic mass is 127. The molecule has 0 radical (unpaired) electrons. The Morgan fingerprint density at radius 3 is 1.42 bits per heavy atom. The third kappa shape index (κ3) is 11.7. The molecule has 10 heteroatoms. The molecule has 262 valence electrons. The van der Waals surface area contributed by atoms with E-state index in [4.69, 9.17) is 28.4 Å². The molecule has 0 spiro atoms. The highest BCUT2D eigenvalue weighted by Gasteiger charge is 2.47. The molecule has 0 saturated carbocycles. The minimum Gasteiger partial charge on any atom is -0.394 e. The summed E-state index contributed by atoms with van der Waals surface area (Å²) in [5.41, 5.74) is 3.64. The maximum absolute atomic E-state index is 10.5. The van der Waals surface area contributed by atoms with E-state index >= 15 is 0 Å². The van der Waals surface area contributed by atoms with Gasteiger partial charge >= 0.3 is 0 Å². The van der Waals surface area contributed by atoms with Crippen LogP contribution in [0.25, 0.3) is 0 Å². The van der Waals surface area contributed by atoms with Crippen molar-refractivity contribution in [2.75, 3.05) is 39.6 Å². The second kappa shape index (κ2) is 23.3. The number of hydrogen-bond donors (Lipinski definition) is 2. The van der Waals surface area contributed by atoms with Gasteiger partial charge in [0.2, 0.25) is 0 Å². The van der Waals surface area contributed by atoms with Crippen LogP contribution < -0.4 is 0 Å². The Bertz CT molecular complexity index is 1280. The highest BCUT2D eigenvalue weighted by molar-refractivity contribution is 14.1. The Morgan fingerprint density at radius 1 is 0.625 bits per heavy atom. The first-order valence-corrected chi connectivity index (χ1v) is 20.1. The minimum atomic E-state index is -1.80. The van der Waals surface area contributed by atoms with Gasteiger partial charge in [0.05, 0.1) is 63.7 Å². The average molecular weight is 791 g/mol. The number of aliphatic hydroxyl groups excluding tert-OH is 2. The van der Waals surface area contributed by atoms with Crippen molar-refractivity contribution in [3.63, 3.8) is 0 Å². The summed E-state index contributed by atoms with van der Waals surface area (Å²) in [4.78, 5) is 0. The third-order valence-corrected chi connectivity index (χ3v) is 13.7. The van der Waals surface area contributed by atoms with Gasteiger partial charge in [-0.3, -0.25) is 0 Å². The molecule has 2 saturated heterocycles. The Kier molecular flexibility index (Phi) is 20.4. The largest absolute Gasteiger partial charge is 0.394 e. The van der Waals surface area contributed by atoms with Crippen LogP contribution in [0, 0.1) is 56.8 Å². The summed E-state index contributed by atoms with van der Waals surface area (Å²) >= 11 is 1.94. The van der Waals surface area contributed by atoms with Crippen LogP contribution in [0.3, 0.4) is 0 Å². The molecule has 10 atom stereocenters. The lowest BCUT2D eigenvalue weighted by molar-refractivity contribution is -0.203. The van der Waals surface area contributed by atoms with Gasteiger partial charge < -0.3 is 38.6 Å². The van der Waals surface area contributed by atoms with Crippen LogP contribution in [0.1, 0.15) is 20.8 Å². The second-order valence-corrected chi connectivity index (χ2v) is 16.8. The molecule has 2 rings (SSSR count). The Morgan fingerprint density at radius 2 is 1.02 bits per heavy atom. The van der Waals surface area contributed by atoms with Gasteiger partial charge in [0.15, 0.2) is 0 Å². The van der Waals surface area contributed by atoms with Crippen molar-refractivity contribution in [3.8, 4) is 45.0 Å². The zero-order chi connectivity index (χ0) is 35.4. The van der Waals surface area contributed by atoms with Crippen molar-refractivity contribution >= 4 is 30.7 Å². The van der Waals surface area contributed by atoms with E-state index in [-0.39, 0.29) is 39.6 Å². The summed E-state index contributed by atoms with van der Waals surface area (Å²) in [6, 6.07) is 3.13. The maximum atomic E-state index is 10.5. The zero-order valence-electron chi connectivity index (χ0n) is 28.5. The van der Waals surface area contributed by atoms with Crippen molar-refractivity contribution < 1.29 is 38.6 Å². The monoisotopic (exact) mass is 790 g/mol. The summed E-state index contributed by atoms with van der Waals surface area (Å²) in [6.07, 6.45) is 1.43. The van der Waals surface area contributed by atoms with Crippen LogP contribution in [-0.4, -0.2) is 107 Å². The molecule has 0 aromatic heterocycles. The first-order valence-electron chi connectivity index (χ1n) is 16.4. The summed E-state index contributed by atoms with van der Waals surface area (Å²) in [5.74, 6) is 17.5. The molecule has 0 amide bonds. The van der Waals surface area contributed by atoms with E-state index in [9.17, 15) is 10.2 Å². The Hall–Kier alpha value is -2.17. The van der Waals surface area contributed by atoms with Gasteiger partial charge in [-0.2, -0.15) is 0 Å². The van der Waals surface area contributed by atoms with E-state index in [2.05, 4.69) is 92.1 Å².